The first-order valence-electron chi connectivity index (χ1n) is 11.7. The fourth-order valence-corrected chi connectivity index (χ4v) is 8.62. The number of anilines is 1. The molecule has 2 heterocycles. The van der Waals surface area contributed by atoms with Crippen molar-refractivity contribution in [3.8, 4) is 0 Å². The molecule has 0 saturated carbocycles. The zero-order valence-corrected chi connectivity index (χ0v) is 22.3. The summed E-state index contributed by atoms with van der Waals surface area (Å²) in [5.41, 5.74) is 0.611. The fraction of sp³-hybridized carbons (Fsp3) is 0.320. The van der Waals surface area contributed by atoms with Crippen molar-refractivity contribution in [1.29, 1.82) is 0 Å². The molecule has 3 aromatic rings. The fourth-order valence-electron chi connectivity index (χ4n) is 4.22. The summed E-state index contributed by atoms with van der Waals surface area (Å²) in [7, 11) is -7.70. The van der Waals surface area contributed by atoms with Gasteiger partial charge >= 0.3 is 0 Å². The molecule has 1 fully saturated rings. The number of sulfone groups is 1. The third-order valence-corrected chi connectivity index (χ3v) is 11.2. The highest BCUT2D eigenvalue weighted by atomic mass is 32.2. The summed E-state index contributed by atoms with van der Waals surface area (Å²) in [4.78, 5) is 13.0. The number of para-hydroxylation sites is 1. The normalized spacial score (nSPS) is 18.0. The van der Waals surface area contributed by atoms with Gasteiger partial charge in [0, 0.05) is 23.2 Å². The van der Waals surface area contributed by atoms with Crippen LogP contribution in [0.4, 0.5) is 5.69 Å². The second-order valence-electron chi connectivity index (χ2n) is 8.67. The molecule has 11 heteroatoms. The molecule has 1 aromatic heterocycles. The molecule has 0 aliphatic carbocycles. The molecular weight excluding hydrogens is 518 g/mol. The van der Waals surface area contributed by atoms with Crippen molar-refractivity contribution in [2.75, 3.05) is 18.4 Å². The average molecular weight is 548 g/mol. The van der Waals surface area contributed by atoms with E-state index < -0.39 is 25.2 Å². The van der Waals surface area contributed by atoms with Gasteiger partial charge in [0.15, 0.2) is 15.2 Å². The Balaban J connectivity index is 1.54. The number of benzene rings is 2. The topological polar surface area (TPSA) is 113 Å². The highest BCUT2D eigenvalue weighted by Gasteiger charge is 2.33. The third-order valence-electron chi connectivity index (χ3n) is 6.12. The molecule has 2 unspecified atom stereocenters. The van der Waals surface area contributed by atoms with Crippen LogP contribution in [0.15, 0.2) is 81.9 Å². The SMILES string of the molecule is CC1CCCCN1S(=O)(=O)c1ccc(S(=O)(=O)C(NCC(=O)Nc2ccccc2)c2cccs2)cc1. The summed E-state index contributed by atoms with van der Waals surface area (Å²) in [5, 5.41) is 6.20. The summed E-state index contributed by atoms with van der Waals surface area (Å²) < 4.78 is 54.9. The van der Waals surface area contributed by atoms with Crippen molar-refractivity contribution in [2.24, 2.45) is 0 Å². The van der Waals surface area contributed by atoms with Crippen LogP contribution < -0.4 is 10.6 Å². The third kappa shape index (κ3) is 5.87. The maximum atomic E-state index is 13.6. The number of nitrogens with zero attached hydrogens (tertiary/aromatic N) is 1. The van der Waals surface area contributed by atoms with Crippen LogP contribution in [0.3, 0.4) is 0 Å². The minimum atomic E-state index is -3.98. The van der Waals surface area contributed by atoms with Crippen molar-refractivity contribution in [3.05, 3.63) is 77.0 Å². The van der Waals surface area contributed by atoms with E-state index in [1.54, 1.807) is 41.8 Å². The maximum absolute atomic E-state index is 13.6. The number of piperidine rings is 1. The lowest BCUT2D eigenvalue weighted by molar-refractivity contribution is -0.115. The standard InChI is InChI=1S/C25H29N3O5S3/c1-19-8-5-6-16-28(19)36(32,33)22-14-12-21(13-15-22)35(30,31)25(23-11-7-17-34-23)26-18-24(29)27-20-9-3-2-4-10-20/h2-4,7,9-15,17,19,25-26H,5-6,8,16,18H2,1H3,(H,27,29). The van der Waals surface area contributed by atoms with Gasteiger partial charge in [0.2, 0.25) is 15.9 Å². The molecule has 1 amide bonds. The number of nitrogens with one attached hydrogen (secondary N) is 2. The number of carbonyl (C=O) groups excluding carboxylic acids is 1. The molecule has 4 rings (SSSR count). The van der Waals surface area contributed by atoms with Crippen LogP contribution in [0.2, 0.25) is 0 Å². The predicted octanol–water partition coefficient (Wildman–Crippen LogP) is 4.01. The Morgan fingerprint density at radius 2 is 1.67 bits per heavy atom. The Bertz CT molecular complexity index is 1370. The monoisotopic (exact) mass is 547 g/mol. The minimum absolute atomic E-state index is 0.0255. The number of amides is 1. The Hall–Kier alpha value is -2.57. The number of thiophene rings is 1. The first-order valence-corrected chi connectivity index (χ1v) is 15.5. The molecular formula is C25H29N3O5S3. The van der Waals surface area contributed by atoms with Gasteiger partial charge in [-0.05, 0) is 67.6 Å². The first kappa shape index (κ1) is 26.5. The molecule has 0 spiro atoms. The van der Waals surface area contributed by atoms with Gasteiger partial charge in [-0.25, -0.2) is 16.8 Å². The summed E-state index contributed by atoms with van der Waals surface area (Å²) in [6.45, 7) is 2.12. The van der Waals surface area contributed by atoms with E-state index in [1.807, 2.05) is 13.0 Å². The van der Waals surface area contributed by atoms with Gasteiger partial charge in [-0.15, -0.1) is 11.3 Å². The van der Waals surface area contributed by atoms with Gasteiger partial charge in [-0.1, -0.05) is 30.7 Å². The van der Waals surface area contributed by atoms with E-state index in [9.17, 15) is 21.6 Å². The molecule has 0 radical (unpaired) electrons. The number of hydrogen-bond donors (Lipinski definition) is 2. The van der Waals surface area contributed by atoms with Crippen LogP contribution in [0, 0.1) is 0 Å². The van der Waals surface area contributed by atoms with Crippen molar-refractivity contribution in [1.82, 2.24) is 9.62 Å². The van der Waals surface area contributed by atoms with Crippen LogP contribution in [0.25, 0.3) is 0 Å². The average Bonchev–Trinajstić information content (AvgIpc) is 3.39. The summed E-state index contributed by atoms with van der Waals surface area (Å²) in [6.07, 6.45) is 2.60. The molecule has 1 saturated heterocycles. The van der Waals surface area contributed by atoms with E-state index in [0.29, 0.717) is 17.1 Å². The van der Waals surface area contributed by atoms with Gasteiger partial charge in [0.25, 0.3) is 0 Å². The zero-order chi connectivity index (χ0) is 25.8. The number of sulfonamides is 1. The van der Waals surface area contributed by atoms with Crippen LogP contribution in [0.1, 0.15) is 36.4 Å². The van der Waals surface area contributed by atoms with E-state index in [0.717, 1.165) is 19.3 Å². The largest absolute Gasteiger partial charge is 0.325 e. The second-order valence-corrected chi connectivity index (χ2v) is 13.6. The number of hydrogen-bond acceptors (Lipinski definition) is 7. The van der Waals surface area contributed by atoms with E-state index in [1.165, 1.54) is 39.9 Å². The van der Waals surface area contributed by atoms with Crippen LogP contribution in [-0.4, -0.2) is 46.2 Å². The Morgan fingerprint density at radius 3 is 2.31 bits per heavy atom. The van der Waals surface area contributed by atoms with Crippen molar-refractivity contribution < 1.29 is 21.6 Å². The van der Waals surface area contributed by atoms with E-state index in [-0.39, 0.29) is 28.3 Å². The lowest BCUT2D eigenvalue weighted by Crippen LogP contribution is -2.41. The van der Waals surface area contributed by atoms with Crippen LogP contribution in [-0.2, 0) is 24.7 Å². The van der Waals surface area contributed by atoms with Crippen molar-refractivity contribution in [2.45, 2.75) is 47.4 Å². The molecule has 2 N–H and O–H groups in total. The van der Waals surface area contributed by atoms with Gasteiger partial charge in [0.05, 0.1) is 16.3 Å². The lowest BCUT2D eigenvalue weighted by atomic mass is 10.1. The quantitative estimate of drug-likeness (QED) is 0.419. The molecule has 2 atom stereocenters. The lowest BCUT2D eigenvalue weighted by Gasteiger charge is -2.32. The molecule has 2 aromatic carbocycles. The summed E-state index contributed by atoms with van der Waals surface area (Å²) in [5.74, 6) is -0.380. The Kier molecular flexibility index (Phi) is 8.26. The highest BCUT2D eigenvalue weighted by molar-refractivity contribution is 7.91. The van der Waals surface area contributed by atoms with E-state index in [2.05, 4.69) is 10.6 Å². The predicted molar refractivity (Wildman–Crippen MR) is 141 cm³/mol. The van der Waals surface area contributed by atoms with Gasteiger partial charge in [0.1, 0.15) is 0 Å². The second kappa shape index (κ2) is 11.2. The first-order chi connectivity index (χ1) is 17.2. The van der Waals surface area contributed by atoms with E-state index in [4.69, 9.17) is 0 Å². The van der Waals surface area contributed by atoms with Crippen LogP contribution >= 0.6 is 11.3 Å². The van der Waals surface area contributed by atoms with Gasteiger partial charge in [-0.3, -0.25) is 10.1 Å². The number of rotatable bonds is 9. The summed E-state index contributed by atoms with van der Waals surface area (Å²) in [6, 6.07) is 17.6. The molecule has 192 valence electrons. The highest BCUT2D eigenvalue weighted by Crippen LogP contribution is 2.31. The van der Waals surface area contributed by atoms with Gasteiger partial charge in [-0.2, -0.15) is 4.31 Å². The molecule has 36 heavy (non-hydrogen) atoms. The molecule has 1 aliphatic rings. The smallest absolute Gasteiger partial charge is 0.243 e. The summed E-state index contributed by atoms with van der Waals surface area (Å²) >= 11 is 1.26. The maximum Gasteiger partial charge on any atom is 0.243 e. The Labute approximate surface area is 216 Å². The molecule has 1 aliphatic heterocycles. The minimum Gasteiger partial charge on any atom is -0.325 e. The molecule has 0 bridgehead atoms. The van der Waals surface area contributed by atoms with Crippen molar-refractivity contribution in [3.63, 3.8) is 0 Å². The van der Waals surface area contributed by atoms with Gasteiger partial charge < -0.3 is 5.32 Å². The zero-order valence-electron chi connectivity index (χ0n) is 19.8. The van der Waals surface area contributed by atoms with Crippen LogP contribution in [0.5, 0.6) is 0 Å². The Morgan fingerprint density at radius 1 is 0.972 bits per heavy atom. The van der Waals surface area contributed by atoms with E-state index >= 15 is 0 Å². The number of carbonyl (C=O) groups is 1. The molecule has 8 nitrogen and oxygen atoms in total. The van der Waals surface area contributed by atoms with Crippen molar-refractivity contribution >= 4 is 42.8 Å².